The molecule has 0 aromatic rings. The lowest BCUT2D eigenvalue weighted by atomic mass is 9.33. The van der Waals surface area contributed by atoms with Crippen LogP contribution in [0.1, 0.15) is 121 Å². The number of aliphatic hydroxyl groups is 1. The summed E-state index contributed by atoms with van der Waals surface area (Å²) in [7, 11) is 0. The van der Waals surface area contributed by atoms with Crippen LogP contribution in [0.4, 0.5) is 0 Å². The average Bonchev–Trinajstić information content (AvgIpc) is 2.99. The van der Waals surface area contributed by atoms with Gasteiger partial charge >= 0.3 is 29.8 Å². The minimum absolute atomic E-state index is 0.0992. The zero-order chi connectivity index (χ0) is 38.1. The predicted octanol–water partition coefficient (Wildman–Crippen LogP) is 5.88. The summed E-state index contributed by atoms with van der Waals surface area (Å²) in [6.45, 7) is 19.8. The molecule has 0 spiro atoms. The number of carbonyl (C=O) groups is 5. The summed E-state index contributed by atoms with van der Waals surface area (Å²) in [4.78, 5) is 62.0. The smallest absolute Gasteiger partial charge is 0.303 e. The molecule has 51 heavy (non-hydrogen) atoms. The molecular weight excluding hydrogens is 656 g/mol. The van der Waals surface area contributed by atoms with Crippen molar-refractivity contribution in [3.05, 3.63) is 11.6 Å². The molecule has 0 aliphatic heterocycles. The Morgan fingerprint density at radius 1 is 0.706 bits per heavy atom. The molecule has 4 saturated carbocycles. The highest BCUT2D eigenvalue weighted by molar-refractivity contribution is 5.68. The summed E-state index contributed by atoms with van der Waals surface area (Å²) < 4.78 is 29.4. The minimum Gasteiger partial charge on any atom is -0.465 e. The van der Waals surface area contributed by atoms with Gasteiger partial charge < -0.3 is 28.8 Å². The van der Waals surface area contributed by atoms with Crippen molar-refractivity contribution in [2.45, 2.75) is 146 Å². The van der Waals surface area contributed by atoms with Gasteiger partial charge in [0.05, 0.1) is 11.5 Å². The highest BCUT2D eigenvalue weighted by Crippen LogP contribution is 2.76. The molecule has 1 N–H and O–H groups in total. The van der Waals surface area contributed by atoms with Gasteiger partial charge in [-0.15, -0.1) is 0 Å². The van der Waals surface area contributed by atoms with E-state index in [2.05, 4.69) is 33.8 Å². The summed E-state index contributed by atoms with van der Waals surface area (Å²) >= 11 is 0. The summed E-state index contributed by atoms with van der Waals surface area (Å²) in [6.07, 6.45) is 3.67. The van der Waals surface area contributed by atoms with Gasteiger partial charge in [-0.3, -0.25) is 24.0 Å². The van der Waals surface area contributed by atoms with Crippen LogP contribution in [0.3, 0.4) is 0 Å². The molecule has 4 fully saturated rings. The Kier molecular flexibility index (Phi) is 10.1. The molecule has 5 rings (SSSR count). The van der Waals surface area contributed by atoms with Crippen LogP contribution < -0.4 is 0 Å². The molecule has 5 aliphatic carbocycles. The largest absolute Gasteiger partial charge is 0.465 e. The lowest BCUT2D eigenvalue weighted by molar-refractivity contribution is -0.269. The third-order valence-electron chi connectivity index (χ3n) is 14.8. The Morgan fingerprint density at radius 3 is 1.84 bits per heavy atom. The second-order valence-corrected chi connectivity index (χ2v) is 18.1. The number of hydrogen-bond donors (Lipinski definition) is 1. The van der Waals surface area contributed by atoms with Gasteiger partial charge in [0, 0.05) is 45.4 Å². The van der Waals surface area contributed by atoms with Crippen molar-refractivity contribution in [3.8, 4) is 0 Å². The van der Waals surface area contributed by atoms with Gasteiger partial charge in [-0.1, -0.05) is 53.2 Å². The van der Waals surface area contributed by atoms with Gasteiger partial charge in [-0.05, 0) is 78.9 Å². The number of rotatable bonds is 7. The van der Waals surface area contributed by atoms with Crippen molar-refractivity contribution < 1.29 is 52.8 Å². The van der Waals surface area contributed by atoms with E-state index >= 15 is 0 Å². The number of esters is 5. The topological polar surface area (TPSA) is 152 Å². The van der Waals surface area contributed by atoms with Gasteiger partial charge in [-0.2, -0.15) is 0 Å². The van der Waals surface area contributed by atoms with E-state index in [9.17, 15) is 29.1 Å². The minimum atomic E-state index is -1.26. The molecule has 12 atom stereocenters. The number of hydrogen-bond acceptors (Lipinski definition) is 11. The first-order valence-corrected chi connectivity index (χ1v) is 18.7. The quantitative estimate of drug-likeness (QED) is 0.191. The first-order chi connectivity index (χ1) is 23.5. The second-order valence-electron chi connectivity index (χ2n) is 18.1. The molecule has 0 aromatic carbocycles. The average molecular weight is 717 g/mol. The Bertz CT molecular complexity index is 1480. The van der Waals surface area contributed by atoms with Gasteiger partial charge in [0.25, 0.3) is 0 Å². The number of ether oxygens (including phenoxy) is 5. The van der Waals surface area contributed by atoms with Crippen LogP contribution in [0, 0.1) is 50.2 Å². The summed E-state index contributed by atoms with van der Waals surface area (Å²) in [5.41, 5.74) is -2.30. The SMILES string of the molecule is CC(=O)OC[C@]1(C)[C@@H]2CC[C@]3(C)[C@H](CC=C4[C@@H]5CC(C)(C)[C@@H](OC(C)=O)[C@H](OC(C)=O)[C@]5(COC(C)=O)[C@H](O)C[C@]43C)[C@@]2(C)CC[C@@H]1OC(C)=O. The maximum absolute atomic E-state index is 12.8. The molecule has 0 amide bonds. The zero-order valence-electron chi connectivity index (χ0n) is 32.5. The van der Waals surface area contributed by atoms with Gasteiger partial charge in [0.15, 0.2) is 6.10 Å². The first kappa shape index (κ1) is 39.3. The molecule has 0 radical (unpaired) electrons. The Hall–Kier alpha value is -2.95. The van der Waals surface area contributed by atoms with Crippen molar-refractivity contribution in [2.24, 2.45) is 50.2 Å². The molecule has 0 aromatic heterocycles. The lowest BCUT2D eigenvalue weighted by Crippen LogP contribution is -2.72. The van der Waals surface area contributed by atoms with Crippen LogP contribution in [-0.4, -0.2) is 72.6 Å². The standard InChI is InChI=1S/C40H60O11/c1-22(41)47-20-37(9)29-14-17-38(10)30(36(29,8)16-15-32(37)49-24(3)43)13-12-27-28-18-35(6,7)33(50-25(4)44)34(51-26(5)45)40(28,21-48-23(2)42)31(46)19-39(27,38)11/h12,28-34,46H,13-21H2,1-11H3/t28-,29+,30+,31+,32-,33-,34-,36-,37+,38+,39+,40-/m0/s1. The van der Waals surface area contributed by atoms with E-state index in [1.54, 1.807) is 0 Å². The van der Waals surface area contributed by atoms with Crippen LogP contribution in [-0.2, 0) is 47.7 Å². The Balaban J connectivity index is 1.64. The normalized spacial score (nSPS) is 43.8. The molecule has 286 valence electrons. The molecule has 0 saturated heterocycles. The summed E-state index contributed by atoms with van der Waals surface area (Å²) in [6, 6.07) is 0. The molecule has 11 heteroatoms. The monoisotopic (exact) mass is 716 g/mol. The number of allylic oxidation sites excluding steroid dienone is 2. The number of fused-ring (bicyclic) bond motifs is 7. The van der Waals surface area contributed by atoms with Crippen LogP contribution >= 0.6 is 0 Å². The fourth-order valence-electron chi connectivity index (χ4n) is 12.4. The highest BCUT2D eigenvalue weighted by Gasteiger charge is 2.74. The lowest BCUT2D eigenvalue weighted by Gasteiger charge is -2.72. The van der Waals surface area contributed by atoms with E-state index in [4.69, 9.17) is 23.7 Å². The van der Waals surface area contributed by atoms with E-state index in [0.29, 0.717) is 19.3 Å². The third-order valence-corrected chi connectivity index (χ3v) is 14.8. The molecule has 11 nitrogen and oxygen atoms in total. The van der Waals surface area contributed by atoms with Crippen LogP contribution in [0.5, 0.6) is 0 Å². The molecule has 0 heterocycles. The van der Waals surface area contributed by atoms with Crippen molar-refractivity contribution in [1.29, 1.82) is 0 Å². The maximum Gasteiger partial charge on any atom is 0.303 e. The van der Waals surface area contributed by atoms with Crippen molar-refractivity contribution in [2.75, 3.05) is 13.2 Å². The predicted molar refractivity (Wildman–Crippen MR) is 185 cm³/mol. The Morgan fingerprint density at radius 2 is 1.27 bits per heavy atom. The van der Waals surface area contributed by atoms with Gasteiger partial charge in [0.2, 0.25) is 0 Å². The van der Waals surface area contributed by atoms with Crippen molar-refractivity contribution >= 4 is 29.8 Å². The molecule has 0 bridgehead atoms. The van der Waals surface area contributed by atoms with Gasteiger partial charge in [-0.25, -0.2) is 0 Å². The van der Waals surface area contributed by atoms with Crippen LogP contribution in [0.25, 0.3) is 0 Å². The summed E-state index contributed by atoms with van der Waals surface area (Å²) in [5.74, 6) is -2.39. The van der Waals surface area contributed by atoms with Crippen LogP contribution in [0.15, 0.2) is 11.6 Å². The van der Waals surface area contributed by atoms with Crippen molar-refractivity contribution in [3.63, 3.8) is 0 Å². The second kappa shape index (κ2) is 13.2. The van der Waals surface area contributed by atoms with E-state index in [1.165, 1.54) is 40.2 Å². The highest BCUT2D eigenvalue weighted by atomic mass is 16.6. The fraction of sp³-hybridized carbons (Fsp3) is 0.825. The molecule has 5 aliphatic rings. The first-order valence-electron chi connectivity index (χ1n) is 18.7. The summed E-state index contributed by atoms with van der Waals surface area (Å²) in [5, 5.41) is 12.7. The number of aliphatic hydroxyl groups excluding tert-OH is 1. The third kappa shape index (κ3) is 6.11. The Labute approximate surface area is 302 Å². The molecular formula is C40H60O11. The van der Waals surface area contributed by atoms with E-state index in [1.807, 2.05) is 13.8 Å². The van der Waals surface area contributed by atoms with Gasteiger partial charge in [0.1, 0.15) is 25.4 Å². The maximum atomic E-state index is 12.8. The fourth-order valence-corrected chi connectivity index (χ4v) is 12.4. The van der Waals surface area contributed by atoms with E-state index < -0.39 is 57.9 Å². The zero-order valence-corrected chi connectivity index (χ0v) is 32.5. The molecule has 0 unspecified atom stereocenters. The van der Waals surface area contributed by atoms with Crippen LogP contribution in [0.2, 0.25) is 0 Å². The van der Waals surface area contributed by atoms with E-state index in [0.717, 1.165) is 25.7 Å². The number of carbonyl (C=O) groups excluding carboxylic acids is 5. The van der Waals surface area contributed by atoms with E-state index in [-0.39, 0.29) is 59.8 Å². The van der Waals surface area contributed by atoms with Crippen molar-refractivity contribution in [1.82, 2.24) is 0 Å².